The Morgan fingerprint density at radius 1 is 1.14 bits per heavy atom. The van der Waals surface area contributed by atoms with Crippen molar-refractivity contribution in [3.05, 3.63) is 0 Å². The van der Waals surface area contributed by atoms with Crippen LogP contribution in [0.4, 0.5) is 0 Å². The Hall–Kier alpha value is 1.68. The molecule has 7 heavy (non-hydrogen) atoms. The molecule has 0 aromatic rings. The minimum atomic E-state index is -4.67. The zero-order valence-electron chi connectivity index (χ0n) is 2.12. The topological polar surface area (TPSA) is 74.6 Å². The van der Waals surface area contributed by atoms with E-state index >= 15 is 0 Å². The predicted molar refractivity (Wildman–Crippen MR) is 29.9 cm³/mol. The van der Waals surface area contributed by atoms with Crippen LogP contribution >= 0.6 is 0 Å². The molecule has 38 valence electrons. The van der Waals surface area contributed by atoms with Gasteiger partial charge in [-0.1, -0.05) is 0 Å². The molecule has 0 heterocycles. The van der Waals surface area contributed by atoms with Gasteiger partial charge in [0.15, 0.2) is 0 Å². The first-order valence-electron chi connectivity index (χ1n) is 0.698. The molecule has 0 saturated heterocycles. The van der Waals surface area contributed by atoms with E-state index in [9.17, 15) is 0 Å². The Morgan fingerprint density at radius 2 is 1.14 bits per heavy atom. The number of rotatable bonds is 0. The summed E-state index contributed by atoms with van der Waals surface area (Å²) in [5.41, 5.74) is 0. The summed E-state index contributed by atoms with van der Waals surface area (Å²) in [6.45, 7) is 0. The van der Waals surface area contributed by atoms with Crippen molar-refractivity contribution in [2.45, 2.75) is 0 Å². The molecule has 0 aliphatic heterocycles. The summed E-state index contributed by atoms with van der Waals surface area (Å²) >= 11 is 0. The van der Waals surface area contributed by atoms with Crippen LogP contribution in [-0.4, -0.2) is 79.0 Å². The van der Waals surface area contributed by atoms with Crippen LogP contribution in [0.15, 0.2) is 0 Å². The van der Waals surface area contributed by atoms with E-state index in [1.54, 1.807) is 0 Å². The Morgan fingerprint density at radius 3 is 1.14 bits per heavy atom. The van der Waals surface area contributed by atoms with Crippen molar-refractivity contribution in [3.8, 4) is 0 Å². The van der Waals surface area contributed by atoms with Gasteiger partial charge in [-0.2, -0.15) is 8.42 Å². The van der Waals surface area contributed by atoms with Gasteiger partial charge in [0.2, 0.25) is 0 Å². The van der Waals surface area contributed by atoms with Crippen LogP contribution in [0.1, 0.15) is 0 Å². The van der Waals surface area contributed by atoms with Crippen LogP contribution < -0.4 is 0 Å². The molecule has 4 nitrogen and oxygen atoms in total. The molecule has 0 aliphatic rings. The van der Waals surface area contributed by atoms with Gasteiger partial charge >= 0.3 is 71.9 Å². The molecule has 0 saturated carbocycles. The molecule has 0 atom stereocenters. The van der Waals surface area contributed by atoms with Crippen LogP contribution in [0.25, 0.3) is 0 Å². The van der Waals surface area contributed by atoms with Crippen molar-refractivity contribution in [2.75, 3.05) is 0 Å². The molecule has 2 N–H and O–H groups in total. The van der Waals surface area contributed by atoms with Crippen LogP contribution in [0, 0.1) is 0 Å². The van der Waals surface area contributed by atoms with Gasteiger partial charge in [-0.25, -0.2) is 0 Å². The Labute approximate surface area is 87.9 Å². The summed E-state index contributed by atoms with van der Waals surface area (Å²) in [6.07, 6.45) is 0. The molecular weight excluding hydrogens is 144 g/mol. The van der Waals surface area contributed by atoms with Crippen molar-refractivity contribution in [2.24, 2.45) is 0 Å². The van der Waals surface area contributed by atoms with E-state index in [-0.39, 0.29) is 61.5 Å². The third-order valence-electron chi connectivity index (χ3n) is 0. The SMILES string of the molecule is O=S(=O)(O)O.[BeH2].[KH]. The number of hydrogen-bond donors (Lipinski definition) is 2. The molecule has 0 fully saturated rings. The summed E-state index contributed by atoms with van der Waals surface area (Å²) in [5.74, 6) is 0. The predicted octanol–water partition coefficient (Wildman–Crippen LogP) is -2.22. The second-order valence-corrected chi connectivity index (χ2v) is 1.34. The average Bonchev–Trinajstić information content (AvgIpc) is 0.722. The maximum atomic E-state index is 8.74. The van der Waals surface area contributed by atoms with Gasteiger partial charge < -0.3 is 0 Å². The standard InChI is InChI=1S/Be.K.H2O4S.3H/c;;1-5(2,3)4;;;/h;;(H2,1,2,3,4);;;. The van der Waals surface area contributed by atoms with Gasteiger partial charge in [-0.15, -0.1) is 0 Å². The summed E-state index contributed by atoms with van der Waals surface area (Å²) in [6, 6.07) is 0. The fourth-order valence-electron chi connectivity index (χ4n) is 0. The van der Waals surface area contributed by atoms with Crippen LogP contribution in [0.3, 0.4) is 0 Å². The molecule has 0 aliphatic carbocycles. The van der Waals surface area contributed by atoms with E-state index in [4.69, 9.17) is 17.5 Å². The van der Waals surface area contributed by atoms with E-state index in [0.717, 1.165) is 0 Å². The van der Waals surface area contributed by atoms with Crippen LogP contribution in [0.5, 0.6) is 0 Å². The van der Waals surface area contributed by atoms with Gasteiger partial charge in [0, 0.05) is 0 Å². The zero-order chi connectivity index (χ0) is 4.50. The van der Waals surface area contributed by atoms with E-state index in [1.165, 1.54) is 0 Å². The molecule has 0 aromatic carbocycles. The third-order valence-corrected chi connectivity index (χ3v) is 0. The second kappa shape index (κ2) is 5.81. The Kier molecular flexibility index (Phi) is 13.2. The van der Waals surface area contributed by atoms with E-state index < -0.39 is 10.4 Å². The maximum absolute atomic E-state index is 8.74. The van der Waals surface area contributed by atoms with Crippen molar-refractivity contribution in [1.82, 2.24) is 0 Å². The molecule has 0 aromatic heterocycles. The minimum absolute atomic E-state index is 0. The monoisotopic (exact) mass is 149 g/mol. The summed E-state index contributed by atoms with van der Waals surface area (Å²) < 4.78 is 31.6. The van der Waals surface area contributed by atoms with Gasteiger partial charge in [0.05, 0.1) is 0 Å². The molecule has 0 bridgehead atoms. The first-order valence-corrected chi connectivity index (χ1v) is 2.10. The molecule has 0 unspecified atom stereocenters. The summed E-state index contributed by atoms with van der Waals surface area (Å²) in [4.78, 5) is 0. The van der Waals surface area contributed by atoms with E-state index in [2.05, 4.69) is 0 Å². The van der Waals surface area contributed by atoms with Crippen molar-refractivity contribution in [1.29, 1.82) is 0 Å². The van der Waals surface area contributed by atoms with Gasteiger partial charge in [-0.3, -0.25) is 9.11 Å². The Bertz CT molecular complexity index is 94.9. The second-order valence-electron chi connectivity index (χ2n) is 0.448. The summed E-state index contributed by atoms with van der Waals surface area (Å²) in [7, 11) is -4.67. The van der Waals surface area contributed by atoms with Crippen molar-refractivity contribution in [3.63, 3.8) is 0 Å². The first-order chi connectivity index (χ1) is 2.00. The molecule has 0 radical (unpaired) electrons. The van der Waals surface area contributed by atoms with Gasteiger partial charge in [0.1, 0.15) is 0 Å². The zero-order valence-corrected chi connectivity index (χ0v) is 2.94. The van der Waals surface area contributed by atoms with Crippen LogP contribution in [0.2, 0.25) is 0 Å². The normalized spacial score (nSPS) is 8.29. The summed E-state index contributed by atoms with van der Waals surface area (Å²) in [5, 5.41) is 0. The third kappa shape index (κ3) is 88.1. The van der Waals surface area contributed by atoms with Crippen molar-refractivity contribution < 1.29 is 17.5 Å². The quantitative estimate of drug-likeness (QED) is 0.302. The van der Waals surface area contributed by atoms with E-state index in [1.807, 2.05) is 0 Å². The molecule has 7 heteroatoms. The van der Waals surface area contributed by atoms with E-state index in [0.29, 0.717) is 0 Å². The molecule has 0 spiro atoms. The first kappa shape index (κ1) is 15.9. The average molecular weight is 149 g/mol. The van der Waals surface area contributed by atoms with Gasteiger partial charge in [0.25, 0.3) is 0 Å². The van der Waals surface area contributed by atoms with Crippen molar-refractivity contribution >= 4 is 71.9 Å². The number of hydrogen-bond acceptors (Lipinski definition) is 2. The van der Waals surface area contributed by atoms with Crippen LogP contribution in [-0.2, 0) is 10.4 Å². The fraction of sp³-hybridized carbons (Fsp3) is 0. The molecule has 0 rings (SSSR count). The Balaban J connectivity index is -0.0000000800. The fourth-order valence-corrected chi connectivity index (χ4v) is 0. The molecular formula is H5BeKO4S. The van der Waals surface area contributed by atoms with Gasteiger partial charge in [-0.05, 0) is 0 Å². The molecule has 0 amide bonds.